The third kappa shape index (κ3) is 6.89. The third-order valence-electron chi connectivity index (χ3n) is 4.21. The molecule has 140 valence electrons. The van der Waals surface area contributed by atoms with E-state index in [-0.39, 0.29) is 17.7 Å². The van der Waals surface area contributed by atoms with Crippen molar-refractivity contribution < 1.29 is 9.59 Å². The average molecular weight is 347 g/mol. The molecule has 25 heavy (non-hydrogen) atoms. The number of hydrogen-bond acceptors (Lipinski definition) is 2. The molecule has 0 spiro atoms. The van der Waals surface area contributed by atoms with Gasteiger partial charge in [0.1, 0.15) is 0 Å². The number of anilines is 1. The van der Waals surface area contributed by atoms with Crippen molar-refractivity contribution in [3.63, 3.8) is 0 Å². The fourth-order valence-corrected chi connectivity index (χ4v) is 2.90. The van der Waals surface area contributed by atoms with Crippen molar-refractivity contribution in [2.45, 2.75) is 54.4 Å². The molecule has 0 bridgehead atoms. The number of amides is 2. The van der Waals surface area contributed by atoms with E-state index in [9.17, 15) is 9.59 Å². The van der Waals surface area contributed by atoms with E-state index in [2.05, 4.69) is 33.0 Å². The van der Waals surface area contributed by atoms with Gasteiger partial charge in [-0.25, -0.2) is 0 Å². The minimum Gasteiger partial charge on any atom is -0.338 e. The zero-order chi connectivity index (χ0) is 19.0. The number of carbonyl (C=O) groups excluding carboxylic acids is 2. The number of rotatable bonds is 9. The van der Waals surface area contributed by atoms with E-state index in [0.717, 1.165) is 31.6 Å². The molecule has 1 rings (SSSR count). The molecule has 1 aromatic rings. The second-order valence-corrected chi connectivity index (χ2v) is 7.58. The summed E-state index contributed by atoms with van der Waals surface area (Å²) in [5, 5.41) is 2.94. The summed E-state index contributed by atoms with van der Waals surface area (Å²) in [6.45, 7) is 14.0. The quantitative estimate of drug-likeness (QED) is 0.697. The van der Waals surface area contributed by atoms with Crippen LogP contribution in [-0.4, -0.2) is 29.8 Å². The first-order valence-electron chi connectivity index (χ1n) is 9.48. The lowest BCUT2D eigenvalue weighted by Crippen LogP contribution is -2.37. The lowest BCUT2D eigenvalue weighted by atomic mass is 10.0. The van der Waals surface area contributed by atoms with E-state index >= 15 is 0 Å². The van der Waals surface area contributed by atoms with Gasteiger partial charge in [0.25, 0.3) is 5.91 Å². The van der Waals surface area contributed by atoms with E-state index in [0.29, 0.717) is 17.4 Å². The fourth-order valence-electron chi connectivity index (χ4n) is 2.90. The monoisotopic (exact) mass is 346 g/mol. The van der Waals surface area contributed by atoms with Gasteiger partial charge in [0.05, 0.1) is 0 Å². The molecule has 1 aromatic carbocycles. The van der Waals surface area contributed by atoms with Crippen LogP contribution in [0.4, 0.5) is 5.69 Å². The SMILES string of the molecule is CCC(CC)C(=O)Nc1ccc(C(=O)N(CC(C)C)CC(C)C)cc1. The molecular formula is C21H34N2O2. The van der Waals surface area contributed by atoms with Crippen LogP contribution in [0.2, 0.25) is 0 Å². The lowest BCUT2D eigenvalue weighted by molar-refractivity contribution is -0.120. The maximum atomic E-state index is 12.8. The third-order valence-corrected chi connectivity index (χ3v) is 4.21. The zero-order valence-corrected chi connectivity index (χ0v) is 16.6. The summed E-state index contributed by atoms with van der Waals surface area (Å²) < 4.78 is 0. The lowest BCUT2D eigenvalue weighted by Gasteiger charge is -2.26. The molecule has 1 N–H and O–H groups in total. The molecule has 0 heterocycles. The fraction of sp³-hybridized carbons (Fsp3) is 0.619. The minimum absolute atomic E-state index is 0.0360. The summed E-state index contributed by atoms with van der Waals surface area (Å²) in [7, 11) is 0. The van der Waals surface area contributed by atoms with E-state index in [1.165, 1.54) is 0 Å². The van der Waals surface area contributed by atoms with Gasteiger partial charge in [0.15, 0.2) is 0 Å². The average Bonchev–Trinajstić information content (AvgIpc) is 2.54. The standard InChI is InChI=1S/C21H34N2O2/c1-7-17(8-2)20(24)22-19-11-9-18(10-12-19)21(25)23(13-15(3)4)14-16(5)6/h9-12,15-17H,7-8,13-14H2,1-6H3,(H,22,24). The molecule has 2 amide bonds. The molecule has 0 aliphatic rings. The molecule has 0 aliphatic heterocycles. The summed E-state index contributed by atoms with van der Waals surface area (Å²) in [6.07, 6.45) is 1.66. The topological polar surface area (TPSA) is 49.4 Å². The molecule has 0 unspecified atom stereocenters. The van der Waals surface area contributed by atoms with Crippen LogP contribution in [0.3, 0.4) is 0 Å². The predicted molar refractivity (Wildman–Crippen MR) is 105 cm³/mol. The Hall–Kier alpha value is -1.84. The Morgan fingerprint density at radius 1 is 0.920 bits per heavy atom. The van der Waals surface area contributed by atoms with Crippen LogP contribution in [-0.2, 0) is 4.79 Å². The highest BCUT2D eigenvalue weighted by Gasteiger charge is 2.18. The maximum absolute atomic E-state index is 12.8. The summed E-state index contributed by atoms with van der Waals surface area (Å²) in [5.41, 5.74) is 1.41. The molecule has 0 fully saturated rings. The van der Waals surface area contributed by atoms with Crippen molar-refractivity contribution in [3.05, 3.63) is 29.8 Å². The van der Waals surface area contributed by atoms with Crippen LogP contribution in [0.25, 0.3) is 0 Å². The molecular weight excluding hydrogens is 312 g/mol. The minimum atomic E-state index is 0.0360. The smallest absolute Gasteiger partial charge is 0.253 e. The van der Waals surface area contributed by atoms with Gasteiger partial charge < -0.3 is 10.2 Å². The van der Waals surface area contributed by atoms with Gasteiger partial charge in [-0.1, -0.05) is 41.5 Å². The summed E-state index contributed by atoms with van der Waals surface area (Å²) in [4.78, 5) is 26.9. The second kappa shape index (κ2) is 10.2. The molecule has 0 saturated carbocycles. The highest BCUT2D eigenvalue weighted by Crippen LogP contribution is 2.16. The summed E-state index contributed by atoms with van der Waals surface area (Å²) >= 11 is 0. The van der Waals surface area contributed by atoms with Crippen LogP contribution in [0.5, 0.6) is 0 Å². The van der Waals surface area contributed by atoms with Crippen LogP contribution in [0, 0.1) is 17.8 Å². The number of nitrogens with one attached hydrogen (secondary N) is 1. The van der Waals surface area contributed by atoms with Gasteiger partial charge >= 0.3 is 0 Å². The van der Waals surface area contributed by atoms with E-state index in [1.807, 2.05) is 30.9 Å². The van der Waals surface area contributed by atoms with Gasteiger partial charge in [-0.2, -0.15) is 0 Å². The van der Waals surface area contributed by atoms with Crippen LogP contribution in [0.15, 0.2) is 24.3 Å². The normalized spacial score (nSPS) is 11.2. The van der Waals surface area contributed by atoms with Crippen molar-refractivity contribution in [2.75, 3.05) is 18.4 Å². The predicted octanol–water partition coefficient (Wildman–Crippen LogP) is 4.82. The Morgan fingerprint density at radius 2 is 1.40 bits per heavy atom. The number of hydrogen-bond donors (Lipinski definition) is 1. The van der Waals surface area contributed by atoms with Crippen LogP contribution < -0.4 is 5.32 Å². The Kier molecular flexibility index (Phi) is 8.67. The van der Waals surface area contributed by atoms with Gasteiger partial charge in [-0.15, -0.1) is 0 Å². The molecule has 0 atom stereocenters. The highest BCUT2D eigenvalue weighted by molar-refractivity contribution is 5.96. The van der Waals surface area contributed by atoms with Crippen LogP contribution in [0.1, 0.15) is 64.7 Å². The Bertz CT molecular complexity index is 536. The summed E-state index contributed by atoms with van der Waals surface area (Å²) in [6, 6.07) is 7.24. The molecule has 0 saturated heterocycles. The molecule has 0 radical (unpaired) electrons. The Morgan fingerprint density at radius 3 is 1.80 bits per heavy atom. The van der Waals surface area contributed by atoms with Gasteiger partial charge in [-0.3, -0.25) is 9.59 Å². The maximum Gasteiger partial charge on any atom is 0.253 e. The summed E-state index contributed by atoms with van der Waals surface area (Å²) in [5.74, 6) is 1.00. The van der Waals surface area contributed by atoms with Crippen LogP contribution >= 0.6 is 0 Å². The molecule has 4 heteroatoms. The first-order valence-corrected chi connectivity index (χ1v) is 9.48. The zero-order valence-electron chi connectivity index (χ0n) is 16.6. The second-order valence-electron chi connectivity index (χ2n) is 7.58. The van der Waals surface area contributed by atoms with Crippen molar-refractivity contribution in [2.24, 2.45) is 17.8 Å². The molecule has 0 aliphatic carbocycles. The van der Waals surface area contributed by atoms with Crippen molar-refractivity contribution in [3.8, 4) is 0 Å². The number of nitrogens with zero attached hydrogens (tertiary/aromatic N) is 1. The van der Waals surface area contributed by atoms with Crippen molar-refractivity contribution in [1.82, 2.24) is 4.90 Å². The van der Waals surface area contributed by atoms with Gasteiger partial charge in [0, 0.05) is 30.3 Å². The van der Waals surface area contributed by atoms with Gasteiger partial charge in [-0.05, 0) is 48.9 Å². The first kappa shape index (κ1) is 21.2. The van der Waals surface area contributed by atoms with E-state index < -0.39 is 0 Å². The van der Waals surface area contributed by atoms with Crippen molar-refractivity contribution >= 4 is 17.5 Å². The Labute approximate surface area is 153 Å². The first-order chi connectivity index (χ1) is 11.8. The number of carbonyl (C=O) groups is 2. The largest absolute Gasteiger partial charge is 0.338 e. The van der Waals surface area contributed by atoms with E-state index in [4.69, 9.17) is 0 Å². The molecule has 0 aromatic heterocycles. The van der Waals surface area contributed by atoms with Crippen molar-refractivity contribution in [1.29, 1.82) is 0 Å². The molecule has 4 nitrogen and oxygen atoms in total. The van der Waals surface area contributed by atoms with Gasteiger partial charge in [0.2, 0.25) is 5.91 Å². The number of benzene rings is 1. The highest BCUT2D eigenvalue weighted by atomic mass is 16.2. The van der Waals surface area contributed by atoms with E-state index in [1.54, 1.807) is 12.1 Å². The Balaban J connectivity index is 2.82.